The molecule has 0 saturated carbocycles. The van der Waals surface area contributed by atoms with Gasteiger partial charge < -0.3 is 5.11 Å². The summed E-state index contributed by atoms with van der Waals surface area (Å²) >= 11 is 0. The molecule has 0 unspecified atom stereocenters. The Morgan fingerprint density at radius 3 is 2.50 bits per heavy atom. The predicted molar refractivity (Wildman–Crippen MR) is 81.1 cm³/mol. The van der Waals surface area contributed by atoms with Gasteiger partial charge in [0.05, 0.1) is 18.0 Å². The van der Waals surface area contributed by atoms with E-state index in [1.165, 1.54) is 11.3 Å². The maximum Gasteiger partial charge on any atom is 0.0648 e. The lowest BCUT2D eigenvalue weighted by Gasteiger charge is -2.19. The molecule has 4 nitrogen and oxygen atoms in total. The quantitative estimate of drug-likeness (QED) is 0.878. The number of aryl methyl sites for hydroxylation is 1. The largest absolute Gasteiger partial charge is 0.395 e. The Balaban J connectivity index is 2.30. The summed E-state index contributed by atoms with van der Waals surface area (Å²) in [7, 11) is 0. The Hall–Kier alpha value is -1.65. The highest BCUT2D eigenvalue weighted by atomic mass is 16.3. The first-order valence-electron chi connectivity index (χ1n) is 7.11. The lowest BCUT2D eigenvalue weighted by molar-refractivity contribution is 0.196. The molecule has 0 fully saturated rings. The van der Waals surface area contributed by atoms with E-state index >= 15 is 0 Å². The van der Waals surface area contributed by atoms with Gasteiger partial charge in [0, 0.05) is 24.3 Å². The van der Waals surface area contributed by atoms with E-state index in [2.05, 4.69) is 42.9 Å². The number of aliphatic hydroxyl groups is 1. The van der Waals surface area contributed by atoms with E-state index in [0.717, 1.165) is 24.5 Å². The van der Waals surface area contributed by atoms with Crippen LogP contribution >= 0.6 is 0 Å². The number of rotatable bonds is 6. The molecule has 0 spiro atoms. The van der Waals surface area contributed by atoms with E-state index in [1.54, 1.807) is 0 Å². The van der Waals surface area contributed by atoms with Gasteiger partial charge in [0.15, 0.2) is 0 Å². The summed E-state index contributed by atoms with van der Waals surface area (Å²) in [6.45, 7) is 8.92. The first-order valence-corrected chi connectivity index (χ1v) is 7.11. The van der Waals surface area contributed by atoms with Gasteiger partial charge in [0.1, 0.15) is 0 Å². The molecule has 4 heteroatoms. The molecular weight excluding hydrogens is 250 g/mol. The van der Waals surface area contributed by atoms with Crippen molar-refractivity contribution < 1.29 is 5.11 Å². The molecule has 0 atom stereocenters. The molecule has 1 aromatic heterocycles. The van der Waals surface area contributed by atoms with Gasteiger partial charge in [-0.15, -0.1) is 0 Å². The highest BCUT2D eigenvalue weighted by Crippen LogP contribution is 2.19. The van der Waals surface area contributed by atoms with Crippen molar-refractivity contribution in [3.8, 4) is 5.69 Å². The van der Waals surface area contributed by atoms with Crippen LogP contribution < -0.4 is 0 Å². The van der Waals surface area contributed by atoms with Crippen LogP contribution in [0.1, 0.15) is 23.9 Å². The van der Waals surface area contributed by atoms with Crippen LogP contribution in [0.4, 0.5) is 0 Å². The van der Waals surface area contributed by atoms with Gasteiger partial charge in [0.25, 0.3) is 0 Å². The molecule has 1 aromatic carbocycles. The Morgan fingerprint density at radius 2 is 1.90 bits per heavy atom. The van der Waals surface area contributed by atoms with Crippen molar-refractivity contribution in [2.24, 2.45) is 0 Å². The minimum atomic E-state index is 0.193. The van der Waals surface area contributed by atoms with Gasteiger partial charge in [-0.25, -0.2) is 4.68 Å². The predicted octanol–water partition coefficient (Wildman–Crippen LogP) is 2.30. The average molecular weight is 273 g/mol. The molecule has 0 bridgehead atoms. The van der Waals surface area contributed by atoms with Crippen LogP contribution in [0, 0.1) is 13.8 Å². The second kappa shape index (κ2) is 6.68. The number of nitrogens with zero attached hydrogens (tertiary/aromatic N) is 3. The molecule has 0 aliphatic carbocycles. The number of hydrogen-bond donors (Lipinski definition) is 1. The van der Waals surface area contributed by atoms with Gasteiger partial charge in [-0.05, 0) is 32.5 Å². The smallest absolute Gasteiger partial charge is 0.0648 e. The first-order chi connectivity index (χ1) is 9.67. The molecule has 20 heavy (non-hydrogen) atoms. The van der Waals surface area contributed by atoms with Gasteiger partial charge in [-0.2, -0.15) is 5.10 Å². The molecule has 0 saturated heterocycles. The lowest BCUT2D eigenvalue weighted by Crippen LogP contribution is -2.26. The number of hydrogen-bond acceptors (Lipinski definition) is 3. The second-order valence-electron chi connectivity index (χ2n) is 4.99. The fourth-order valence-corrected chi connectivity index (χ4v) is 2.44. The average Bonchev–Trinajstić information content (AvgIpc) is 2.75. The van der Waals surface area contributed by atoms with E-state index < -0.39 is 0 Å². The highest BCUT2D eigenvalue weighted by molar-refractivity contribution is 5.36. The van der Waals surface area contributed by atoms with Gasteiger partial charge in [0.2, 0.25) is 0 Å². The van der Waals surface area contributed by atoms with Crippen molar-refractivity contribution in [2.75, 3.05) is 19.7 Å². The second-order valence-corrected chi connectivity index (χ2v) is 4.99. The summed E-state index contributed by atoms with van der Waals surface area (Å²) < 4.78 is 2.00. The van der Waals surface area contributed by atoms with Crippen LogP contribution in [0.5, 0.6) is 0 Å². The summed E-state index contributed by atoms with van der Waals surface area (Å²) in [6, 6.07) is 10.2. The van der Waals surface area contributed by atoms with Crippen molar-refractivity contribution in [2.45, 2.75) is 27.3 Å². The zero-order chi connectivity index (χ0) is 14.5. The molecule has 2 aromatic rings. The third kappa shape index (κ3) is 3.08. The minimum Gasteiger partial charge on any atom is -0.395 e. The fourth-order valence-electron chi connectivity index (χ4n) is 2.44. The Labute approximate surface area is 120 Å². The maximum absolute atomic E-state index is 9.11. The summed E-state index contributed by atoms with van der Waals surface area (Å²) in [5, 5.41) is 13.8. The molecule has 0 aliphatic heterocycles. The zero-order valence-electron chi connectivity index (χ0n) is 12.5. The Kier molecular flexibility index (Phi) is 4.93. The summed E-state index contributed by atoms with van der Waals surface area (Å²) in [4.78, 5) is 2.23. The first kappa shape index (κ1) is 14.8. The molecule has 0 aliphatic rings. The van der Waals surface area contributed by atoms with Crippen LogP contribution in [0.25, 0.3) is 5.69 Å². The van der Waals surface area contributed by atoms with E-state index in [0.29, 0.717) is 6.54 Å². The van der Waals surface area contributed by atoms with Crippen LogP contribution in [0.2, 0.25) is 0 Å². The number of aliphatic hydroxyl groups excluding tert-OH is 1. The monoisotopic (exact) mass is 273 g/mol. The SMILES string of the molecule is CCN(CCO)Cc1c(C)nn(-c2ccccc2)c1C. The van der Waals surface area contributed by atoms with Crippen molar-refractivity contribution in [1.82, 2.24) is 14.7 Å². The van der Waals surface area contributed by atoms with Gasteiger partial charge >= 0.3 is 0 Å². The highest BCUT2D eigenvalue weighted by Gasteiger charge is 2.15. The molecule has 1 N–H and O–H groups in total. The molecular formula is C16H23N3O. The van der Waals surface area contributed by atoms with Gasteiger partial charge in [-0.1, -0.05) is 25.1 Å². The Morgan fingerprint density at radius 1 is 1.20 bits per heavy atom. The zero-order valence-corrected chi connectivity index (χ0v) is 12.5. The molecule has 0 radical (unpaired) electrons. The van der Waals surface area contributed by atoms with Crippen molar-refractivity contribution in [1.29, 1.82) is 0 Å². The molecule has 2 rings (SSSR count). The van der Waals surface area contributed by atoms with Crippen molar-refractivity contribution in [3.63, 3.8) is 0 Å². The lowest BCUT2D eigenvalue weighted by atomic mass is 10.2. The molecule has 0 amide bonds. The standard InChI is InChI=1S/C16H23N3O/c1-4-18(10-11-20)12-16-13(2)17-19(14(16)3)15-8-6-5-7-9-15/h5-9,20H,4,10-12H2,1-3H3. The van der Waals surface area contributed by atoms with Crippen LogP contribution in [0.3, 0.4) is 0 Å². The Bertz CT molecular complexity index is 548. The molecule has 1 heterocycles. The van der Waals surface area contributed by atoms with Crippen LogP contribution in [-0.4, -0.2) is 39.5 Å². The summed E-state index contributed by atoms with van der Waals surface area (Å²) in [5.41, 5.74) is 4.57. The summed E-state index contributed by atoms with van der Waals surface area (Å²) in [5.74, 6) is 0. The minimum absolute atomic E-state index is 0.193. The third-order valence-electron chi connectivity index (χ3n) is 3.69. The fraction of sp³-hybridized carbons (Fsp3) is 0.438. The number of benzene rings is 1. The van der Waals surface area contributed by atoms with Crippen molar-refractivity contribution >= 4 is 0 Å². The molecule has 108 valence electrons. The van der Waals surface area contributed by atoms with Crippen LogP contribution in [0.15, 0.2) is 30.3 Å². The van der Waals surface area contributed by atoms with E-state index in [1.807, 2.05) is 22.9 Å². The van der Waals surface area contributed by atoms with E-state index in [9.17, 15) is 0 Å². The maximum atomic E-state index is 9.11. The third-order valence-corrected chi connectivity index (χ3v) is 3.69. The normalized spacial score (nSPS) is 11.2. The topological polar surface area (TPSA) is 41.3 Å². The van der Waals surface area contributed by atoms with Gasteiger partial charge in [-0.3, -0.25) is 4.90 Å². The summed E-state index contributed by atoms with van der Waals surface area (Å²) in [6.07, 6.45) is 0. The number of likely N-dealkylation sites (N-methyl/N-ethyl adjacent to an activating group) is 1. The van der Waals surface area contributed by atoms with E-state index in [-0.39, 0.29) is 6.61 Å². The van der Waals surface area contributed by atoms with Crippen molar-refractivity contribution in [3.05, 3.63) is 47.3 Å². The number of para-hydroxylation sites is 1. The number of aromatic nitrogens is 2. The van der Waals surface area contributed by atoms with Crippen LogP contribution in [-0.2, 0) is 6.54 Å². The van der Waals surface area contributed by atoms with E-state index in [4.69, 9.17) is 5.11 Å².